The molecule has 200 valence electrons. The second-order valence-electron chi connectivity index (χ2n) is 10.7. The number of rotatable bonds is 6. The number of aromatic nitrogens is 1. The summed E-state index contributed by atoms with van der Waals surface area (Å²) in [7, 11) is 0. The summed E-state index contributed by atoms with van der Waals surface area (Å²) in [4.78, 5) is 42.7. The van der Waals surface area contributed by atoms with Crippen molar-refractivity contribution < 1.29 is 32.3 Å². The van der Waals surface area contributed by atoms with Crippen molar-refractivity contribution in [2.75, 3.05) is 11.9 Å². The van der Waals surface area contributed by atoms with Gasteiger partial charge in [0.25, 0.3) is 5.91 Å². The number of hydrogen-bond donors (Lipinski definition) is 3. The molecule has 0 bridgehead atoms. The summed E-state index contributed by atoms with van der Waals surface area (Å²) in [5.41, 5.74) is 0.198. The molecule has 0 spiro atoms. The zero-order chi connectivity index (χ0) is 26.7. The topological polar surface area (TPSA) is 113 Å². The number of halogens is 3. The van der Waals surface area contributed by atoms with Crippen LogP contribution in [0.5, 0.6) is 0 Å². The van der Waals surface area contributed by atoms with E-state index in [0.29, 0.717) is 17.2 Å². The van der Waals surface area contributed by atoms with Crippen molar-refractivity contribution in [2.24, 2.45) is 11.8 Å². The quantitative estimate of drug-likeness (QED) is 0.528. The smallest absolute Gasteiger partial charge is 0.410 e. The van der Waals surface area contributed by atoms with Gasteiger partial charge in [-0.2, -0.15) is 13.2 Å². The summed E-state index contributed by atoms with van der Waals surface area (Å²) < 4.78 is 44.4. The van der Waals surface area contributed by atoms with Crippen LogP contribution in [-0.2, 0) is 16.1 Å². The molecule has 9 nitrogen and oxygen atoms in total. The van der Waals surface area contributed by atoms with Gasteiger partial charge in [0, 0.05) is 24.2 Å². The first-order valence-electron chi connectivity index (χ1n) is 12.1. The molecule has 2 fully saturated rings. The third-order valence-electron chi connectivity index (χ3n) is 6.28. The maximum Gasteiger partial charge on any atom is 0.410 e. The monoisotopic (exact) mass is 513 g/mol. The zero-order valence-electron chi connectivity index (χ0n) is 20.9. The first-order valence-corrected chi connectivity index (χ1v) is 12.1. The highest BCUT2D eigenvalue weighted by Gasteiger charge is 2.46. The van der Waals surface area contributed by atoms with Crippen LogP contribution in [0.15, 0.2) is 18.5 Å². The summed E-state index contributed by atoms with van der Waals surface area (Å²) in [6.45, 7) is 6.94. The average Bonchev–Trinajstić information content (AvgIpc) is 3.12. The molecule has 1 aliphatic carbocycles. The van der Waals surface area contributed by atoms with Gasteiger partial charge in [0.05, 0.1) is 18.4 Å². The standard InChI is InChI=1S/C24H34F3N5O4/c1-14-5-7-16(8-6-14)19(36-22(35)31-23(2,3)4)20(33)29-17-9-15(10-28-11-17)12-32-13-18(24(25,26)27)30-21(32)34/h9-11,14,16,18-19H,5-8,12-13H2,1-4H3,(H,29,33)(H,30,34)(H,31,35)/t14?,16?,18-,19-/m0/s1. The molecule has 3 N–H and O–H groups in total. The van der Waals surface area contributed by atoms with Gasteiger partial charge in [-0.15, -0.1) is 0 Å². The Morgan fingerprint density at radius 2 is 1.86 bits per heavy atom. The van der Waals surface area contributed by atoms with E-state index in [-0.39, 0.29) is 12.5 Å². The summed E-state index contributed by atoms with van der Waals surface area (Å²) in [5.74, 6) is -0.113. The molecular weight excluding hydrogens is 479 g/mol. The predicted molar refractivity (Wildman–Crippen MR) is 126 cm³/mol. The molecule has 12 heteroatoms. The molecule has 36 heavy (non-hydrogen) atoms. The Labute approximate surface area is 208 Å². The SMILES string of the molecule is CC1CCC([C@H](OC(=O)NC(C)(C)C)C(=O)Nc2cncc(CN3C[C@@H](C(F)(F)F)NC3=O)c2)CC1. The number of carbonyl (C=O) groups excluding carboxylic acids is 3. The number of anilines is 1. The van der Waals surface area contributed by atoms with Crippen molar-refractivity contribution in [3.63, 3.8) is 0 Å². The average molecular weight is 514 g/mol. The first kappa shape index (κ1) is 27.5. The molecule has 0 unspecified atom stereocenters. The van der Waals surface area contributed by atoms with E-state index in [1.807, 2.05) is 5.32 Å². The number of amides is 4. The van der Waals surface area contributed by atoms with E-state index < -0.39 is 48.4 Å². The maximum atomic E-state index is 13.2. The highest BCUT2D eigenvalue weighted by Crippen LogP contribution is 2.32. The highest BCUT2D eigenvalue weighted by atomic mass is 19.4. The lowest BCUT2D eigenvalue weighted by atomic mass is 9.80. The van der Waals surface area contributed by atoms with Gasteiger partial charge in [-0.3, -0.25) is 9.78 Å². The molecule has 2 aliphatic rings. The number of ether oxygens (including phenoxy) is 1. The summed E-state index contributed by atoms with van der Waals surface area (Å²) >= 11 is 0. The van der Waals surface area contributed by atoms with Gasteiger partial charge >= 0.3 is 18.3 Å². The van der Waals surface area contributed by atoms with Gasteiger partial charge in [-0.25, -0.2) is 9.59 Å². The largest absolute Gasteiger partial charge is 0.436 e. The molecule has 1 aromatic heterocycles. The summed E-state index contributed by atoms with van der Waals surface area (Å²) in [6, 6.07) is -1.22. The van der Waals surface area contributed by atoms with Crippen molar-refractivity contribution in [3.8, 4) is 0 Å². The minimum Gasteiger partial charge on any atom is -0.436 e. The fourth-order valence-electron chi connectivity index (χ4n) is 4.39. The third-order valence-corrected chi connectivity index (χ3v) is 6.28. The van der Waals surface area contributed by atoms with Crippen LogP contribution in [0.2, 0.25) is 0 Å². The van der Waals surface area contributed by atoms with Gasteiger partial charge in [0.15, 0.2) is 6.10 Å². The Hall–Kier alpha value is -3.05. The summed E-state index contributed by atoms with van der Waals surface area (Å²) in [5, 5.41) is 7.35. The lowest BCUT2D eigenvalue weighted by Crippen LogP contribution is -2.46. The molecular formula is C24H34F3N5O4. The second-order valence-corrected chi connectivity index (χ2v) is 10.7. The van der Waals surface area contributed by atoms with E-state index in [9.17, 15) is 27.6 Å². The zero-order valence-corrected chi connectivity index (χ0v) is 20.9. The number of carbonyl (C=O) groups is 3. The van der Waals surface area contributed by atoms with E-state index in [0.717, 1.165) is 30.6 Å². The highest BCUT2D eigenvalue weighted by molar-refractivity contribution is 5.95. The van der Waals surface area contributed by atoms with Gasteiger partial charge in [0.1, 0.15) is 6.04 Å². The fourth-order valence-corrected chi connectivity index (χ4v) is 4.39. The van der Waals surface area contributed by atoms with Gasteiger partial charge in [-0.05, 0) is 51.2 Å². The summed E-state index contributed by atoms with van der Waals surface area (Å²) in [6.07, 6.45) is -0.109. The Morgan fingerprint density at radius 1 is 1.19 bits per heavy atom. The molecule has 0 aromatic carbocycles. The molecule has 1 aliphatic heterocycles. The number of nitrogens with one attached hydrogen (secondary N) is 3. The molecule has 2 atom stereocenters. The van der Waals surface area contributed by atoms with Crippen LogP contribution in [0, 0.1) is 11.8 Å². The lowest BCUT2D eigenvalue weighted by Gasteiger charge is -2.32. The molecule has 1 saturated heterocycles. The van der Waals surface area contributed by atoms with Crippen LogP contribution in [-0.4, -0.2) is 58.3 Å². The van der Waals surface area contributed by atoms with E-state index in [1.165, 1.54) is 18.5 Å². The van der Waals surface area contributed by atoms with Crippen LogP contribution in [0.1, 0.15) is 58.9 Å². The van der Waals surface area contributed by atoms with Crippen LogP contribution in [0.25, 0.3) is 0 Å². The van der Waals surface area contributed by atoms with Gasteiger partial charge in [-0.1, -0.05) is 19.8 Å². The van der Waals surface area contributed by atoms with E-state index in [1.54, 1.807) is 20.8 Å². The molecule has 0 radical (unpaired) electrons. The molecule has 2 heterocycles. The van der Waals surface area contributed by atoms with Crippen LogP contribution in [0.4, 0.5) is 28.4 Å². The van der Waals surface area contributed by atoms with Gasteiger partial charge in [0.2, 0.25) is 0 Å². The Bertz CT molecular complexity index is 958. The van der Waals surface area contributed by atoms with Crippen LogP contribution < -0.4 is 16.0 Å². The number of alkyl halides is 3. The van der Waals surface area contributed by atoms with E-state index in [2.05, 4.69) is 22.5 Å². The third kappa shape index (κ3) is 7.72. The van der Waals surface area contributed by atoms with E-state index >= 15 is 0 Å². The predicted octanol–water partition coefficient (Wildman–Crippen LogP) is 4.20. The number of urea groups is 1. The Balaban J connectivity index is 1.69. The van der Waals surface area contributed by atoms with Crippen molar-refractivity contribution in [1.82, 2.24) is 20.5 Å². The Kier molecular flexibility index (Phi) is 8.35. The molecule has 1 saturated carbocycles. The minimum absolute atomic E-state index is 0.108. The van der Waals surface area contributed by atoms with Crippen molar-refractivity contribution in [3.05, 3.63) is 24.0 Å². The lowest BCUT2D eigenvalue weighted by molar-refractivity contribution is -0.149. The number of pyridine rings is 1. The van der Waals surface area contributed by atoms with Crippen molar-refractivity contribution in [1.29, 1.82) is 0 Å². The molecule has 4 amide bonds. The maximum absolute atomic E-state index is 13.2. The minimum atomic E-state index is -4.54. The van der Waals surface area contributed by atoms with Crippen LogP contribution in [0.3, 0.4) is 0 Å². The van der Waals surface area contributed by atoms with Crippen molar-refractivity contribution in [2.45, 2.75) is 83.8 Å². The van der Waals surface area contributed by atoms with Gasteiger partial charge < -0.3 is 25.6 Å². The Morgan fingerprint density at radius 3 is 2.44 bits per heavy atom. The van der Waals surface area contributed by atoms with Crippen molar-refractivity contribution >= 4 is 23.7 Å². The van der Waals surface area contributed by atoms with E-state index in [4.69, 9.17) is 4.74 Å². The molecule has 1 aromatic rings. The number of alkyl carbamates (subject to hydrolysis) is 1. The first-order chi connectivity index (χ1) is 16.7. The van der Waals surface area contributed by atoms with Crippen LogP contribution >= 0.6 is 0 Å². The fraction of sp³-hybridized carbons (Fsp3) is 0.667. The number of hydrogen-bond acceptors (Lipinski definition) is 5. The molecule has 3 rings (SSSR count). The normalized spacial score (nSPS) is 23.6. The number of nitrogens with zero attached hydrogens (tertiary/aromatic N) is 2. The second kappa shape index (κ2) is 10.9.